The van der Waals surface area contributed by atoms with Gasteiger partial charge in [-0.25, -0.2) is 10.1 Å². The van der Waals surface area contributed by atoms with Crippen LogP contribution in [0, 0.1) is 0 Å². The molecule has 4 nitrogen and oxygen atoms in total. The first-order valence-corrected chi connectivity index (χ1v) is 7.86. The summed E-state index contributed by atoms with van der Waals surface area (Å²) in [6.45, 7) is 2.22. The molecule has 0 aromatic heterocycles. The molecule has 0 radical (unpaired) electrons. The van der Waals surface area contributed by atoms with Crippen LogP contribution in [0.3, 0.4) is 0 Å². The van der Waals surface area contributed by atoms with Crippen LogP contribution in [0.2, 0.25) is 0 Å². The SMILES string of the molecule is CCCCCCCCCCc1ccc(C(=O)O)c(OO)c1. The lowest BCUT2D eigenvalue weighted by molar-refractivity contribution is -0.138. The number of carboxylic acid groups (broad SMARTS) is 1. The number of unbranched alkanes of at least 4 members (excludes halogenated alkanes) is 7. The molecule has 0 saturated carbocycles. The highest BCUT2D eigenvalue weighted by Crippen LogP contribution is 2.21. The first kappa shape index (κ1) is 17.5. The smallest absolute Gasteiger partial charge is 0.339 e. The van der Waals surface area contributed by atoms with E-state index in [0.717, 1.165) is 18.4 Å². The number of rotatable bonds is 11. The van der Waals surface area contributed by atoms with E-state index in [1.54, 1.807) is 12.1 Å². The lowest BCUT2D eigenvalue weighted by Gasteiger charge is -2.06. The van der Waals surface area contributed by atoms with Crippen LogP contribution in [0.25, 0.3) is 0 Å². The van der Waals surface area contributed by atoms with Crippen LogP contribution in [0.5, 0.6) is 5.75 Å². The van der Waals surface area contributed by atoms with Crippen molar-refractivity contribution in [2.45, 2.75) is 64.7 Å². The molecule has 0 aliphatic rings. The Morgan fingerprint density at radius 3 is 2.24 bits per heavy atom. The highest BCUT2D eigenvalue weighted by molar-refractivity contribution is 5.90. The Labute approximate surface area is 126 Å². The number of aromatic carboxylic acids is 1. The Morgan fingerprint density at radius 1 is 1.05 bits per heavy atom. The van der Waals surface area contributed by atoms with E-state index < -0.39 is 5.97 Å². The van der Waals surface area contributed by atoms with Crippen LogP contribution in [0.15, 0.2) is 18.2 Å². The van der Waals surface area contributed by atoms with E-state index >= 15 is 0 Å². The molecule has 4 heteroatoms. The molecule has 1 aromatic rings. The molecular formula is C17H26O4. The van der Waals surface area contributed by atoms with E-state index in [-0.39, 0.29) is 11.3 Å². The van der Waals surface area contributed by atoms with E-state index in [4.69, 9.17) is 10.4 Å². The topological polar surface area (TPSA) is 66.8 Å². The first-order valence-electron chi connectivity index (χ1n) is 7.86. The molecule has 0 unspecified atom stereocenters. The summed E-state index contributed by atoms with van der Waals surface area (Å²) < 4.78 is 0. The van der Waals surface area contributed by atoms with Gasteiger partial charge < -0.3 is 9.99 Å². The third kappa shape index (κ3) is 6.63. The van der Waals surface area contributed by atoms with Gasteiger partial charge >= 0.3 is 5.97 Å². The molecule has 0 amide bonds. The third-order valence-electron chi connectivity index (χ3n) is 3.69. The minimum Gasteiger partial charge on any atom is -0.478 e. The molecule has 0 aliphatic carbocycles. The lowest BCUT2D eigenvalue weighted by Crippen LogP contribution is -2.01. The van der Waals surface area contributed by atoms with Gasteiger partial charge in [0.15, 0.2) is 5.75 Å². The summed E-state index contributed by atoms with van der Waals surface area (Å²) in [4.78, 5) is 15.1. The first-order chi connectivity index (χ1) is 10.2. The fourth-order valence-corrected chi connectivity index (χ4v) is 2.44. The van der Waals surface area contributed by atoms with Crippen molar-refractivity contribution in [2.24, 2.45) is 0 Å². The van der Waals surface area contributed by atoms with Gasteiger partial charge in [-0.15, -0.1) is 0 Å². The van der Waals surface area contributed by atoms with Crippen molar-refractivity contribution >= 4 is 5.97 Å². The van der Waals surface area contributed by atoms with Gasteiger partial charge in [0.05, 0.1) is 0 Å². The zero-order valence-electron chi connectivity index (χ0n) is 12.8. The van der Waals surface area contributed by atoms with Crippen LogP contribution in [-0.4, -0.2) is 16.3 Å². The quantitative estimate of drug-likeness (QED) is 0.345. The van der Waals surface area contributed by atoms with Gasteiger partial charge in [-0.1, -0.05) is 57.9 Å². The lowest BCUT2D eigenvalue weighted by atomic mass is 10.0. The fourth-order valence-electron chi connectivity index (χ4n) is 2.44. The second-order valence-corrected chi connectivity index (χ2v) is 5.45. The van der Waals surface area contributed by atoms with Crippen molar-refractivity contribution < 1.29 is 20.0 Å². The summed E-state index contributed by atoms with van der Waals surface area (Å²) in [7, 11) is 0. The molecule has 0 fully saturated rings. The zero-order valence-corrected chi connectivity index (χ0v) is 12.8. The number of benzene rings is 1. The minimum atomic E-state index is -1.10. The van der Waals surface area contributed by atoms with Gasteiger partial charge in [0.1, 0.15) is 5.56 Å². The monoisotopic (exact) mass is 294 g/mol. The molecule has 0 aliphatic heterocycles. The second-order valence-electron chi connectivity index (χ2n) is 5.45. The van der Waals surface area contributed by atoms with Crippen LogP contribution in [0.4, 0.5) is 0 Å². The van der Waals surface area contributed by atoms with Crippen molar-refractivity contribution in [3.8, 4) is 5.75 Å². The maximum absolute atomic E-state index is 10.9. The molecule has 2 N–H and O–H groups in total. The number of carboxylic acids is 1. The molecule has 118 valence electrons. The highest BCUT2D eigenvalue weighted by Gasteiger charge is 2.12. The summed E-state index contributed by atoms with van der Waals surface area (Å²) in [5.41, 5.74) is 0.979. The number of hydrogen-bond acceptors (Lipinski definition) is 3. The molecule has 0 spiro atoms. The van der Waals surface area contributed by atoms with Gasteiger partial charge in [-0.3, -0.25) is 0 Å². The highest BCUT2D eigenvalue weighted by atomic mass is 17.1. The zero-order chi connectivity index (χ0) is 15.5. The van der Waals surface area contributed by atoms with Crippen LogP contribution < -0.4 is 4.89 Å². The summed E-state index contributed by atoms with van der Waals surface area (Å²) in [5.74, 6) is -1.09. The predicted molar refractivity (Wildman–Crippen MR) is 83.0 cm³/mol. The van der Waals surface area contributed by atoms with E-state index in [1.807, 2.05) is 0 Å². The largest absolute Gasteiger partial charge is 0.478 e. The summed E-state index contributed by atoms with van der Waals surface area (Å²) in [6, 6.07) is 4.87. The standard InChI is InChI=1S/C17H26O4/c1-2-3-4-5-6-7-8-9-10-14-11-12-15(17(18)19)16(13-14)21-20/h11-13,20H,2-10H2,1H3,(H,18,19). The van der Waals surface area contributed by atoms with Crippen molar-refractivity contribution in [1.82, 2.24) is 0 Å². The van der Waals surface area contributed by atoms with Crippen molar-refractivity contribution in [3.05, 3.63) is 29.3 Å². The second kappa shape index (κ2) is 10.2. The number of carbonyl (C=O) groups is 1. The molecular weight excluding hydrogens is 268 g/mol. The van der Waals surface area contributed by atoms with Gasteiger partial charge in [0, 0.05) is 0 Å². The fraction of sp³-hybridized carbons (Fsp3) is 0.588. The van der Waals surface area contributed by atoms with Crippen molar-refractivity contribution in [2.75, 3.05) is 0 Å². The Kier molecular flexibility index (Phi) is 8.51. The van der Waals surface area contributed by atoms with Gasteiger partial charge in [-0.05, 0) is 30.5 Å². The number of hydrogen-bond donors (Lipinski definition) is 2. The molecule has 1 aromatic carbocycles. The minimum absolute atomic E-state index is 0.0135. The van der Waals surface area contributed by atoms with Gasteiger partial charge in [0.2, 0.25) is 0 Å². The Bertz CT molecular complexity index is 429. The Balaban J connectivity index is 2.28. The summed E-state index contributed by atoms with van der Waals surface area (Å²) >= 11 is 0. The van der Waals surface area contributed by atoms with E-state index in [9.17, 15) is 4.79 Å². The molecule has 0 heterocycles. The van der Waals surface area contributed by atoms with Gasteiger partial charge in [-0.2, -0.15) is 0 Å². The van der Waals surface area contributed by atoms with Crippen molar-refractivity contribution in [1.29, 1.82) is 0 Å². The molecule has 0 saturated heterocycles. The van der Waals surface area contributed by atoms with Gasteiger partial charge in [0.25, 0.3) is 0 Å². The molecule has 0 bridgehead atoms. The predicted octanol–water partition coefficient (Wildman–Crippen LogP) is 4.92. The normalized spacial score (nSPS) is 10.6. The van der Waals surface area contributed by atoms with Crippen LogP contribution in [-0.2, 0) is 6.42 Å². The maximum Gasteiger partial charge on any atom is 0.339 e. The van der Waals surface area contributed by atoms with Crippen molar-refractivity contribution in [3.63, 3.8) is 0 Å². The van der Waals surface area contributed by atoms with Crippen LogP contribution in [0.1, 0.15) is 74.2 Å². The molecule has 21 heavy (non-hydrogen) atoms. The van der Waals surface area contributed by atoms with E-state index in [1.165, 1.54) is 51.0 Å². The van der Waals surface area contributed by atoms with Crippen LogP contribution >= 0.6 is 0 Å². The summed E-state index contributed by atoms with van der Waals surface area (Å²) in [5, 5.41) is 17.7. The Morgan fingerprint density at radius 2 is 1.67 bits per heavy atom. The van der Waals surface area contributed by atoms with E-state index in [2.05, 4.69) is 11.8 Å². The summed E-state index contributed by atoms with van der Waals surface area (Å²) in [6.07, 6.45) is 11.0. The molecule has 0 atom stereocenters. The van der Waals surface area contributed by atoms with E-state index in [0.29, 0.717) is 0 Å². The molecule has 1 rings (SSSR count). The Hall–Kier alpha value is -1.55. The number of aryl methyl sites for hydroxylation is 1. The third-order valence-corrected chi connectivity index (χ3v) is 3.69. The average molecular weight is 294 g/mol. The maximum atomic E-state index is 10.9. The average Bonchev–Trinajstić information content (AvgIpc) is 2.49.